The van der Waals surface area contributed by atoms with E-state index in [0.717, 1.165) is 43.6 Å². The lowest BCUT2D eigenvalue weighted by molar-refractivity contribution is 0.468. The summed E-state index contributed by atoms with van der Waals surface area (Å²) in [5.41, 5.74) is 2.62. The minimum Gasteiger partial charge on any atom is -0.369 e. The number of guanidine groups is 1. The van der Waals surface area contributed by atoms with Crippen LogP contribution in [0.1, 0.15) is 35.2 Å². The molecule has 2 N–H and O–H groups in total. The predicted octanol–water partition coefficient (Wildman–Crippen LogP) is 3.53. The van der Waals surface area contributed by atoms with Gasteiger partial charge in [0.05, 0.1) is 5.01 Å². The highest BCUT2D eigenvalue weighted by Gasteiger charge is 2.21. The number of aromatic nitrogens is 1. The molecule has 2 heterocycles. The molecule has 0 radical (unpaired) electrons. The molecule has 27 heavy (non-hydrogen) atoms. The van der Waals surface area contributed by atoms with Crippen molar-refractivity contribution in [3.05, 3.63) is 45.9 Å². The van der Waals surface area contributed by atoms with Crippen LogP contribution in [0, 0.1) is 13.8 Å². The Labute approximate surface area is 166 Å². The Bertz CT molecular complexity index is 737. The Hall–Kier alpha value is -2.08. The molecule has 1 saturated heterocycles. The summed E-state index contributed by atoms with van der Waals surface area (Å²) >= 11 is 1.76. The van der Waals surface area contributed by atoms with E-state index in [4.69, 9.17) is 4.99 Å². The molecule has 1 aromatic carbocycles. The summed E-state index contributed by atoms with van der Waals surface area (Å²) < 4.78 is 0. The number of hydrogen-bond acceptors (Lipinski definition) is 4. The van der Waals surface area contributed by atoms with Crippen LogP contribution in [0.3, 0.4) is 0 Å². The molecule has 0 spiro atoms. The summed E-state index contributed by atoms with van der Waals surface area (Å²) in [6.45, 7) is 10.1. The van der Waals surface area contributed by atoms with E-state index in [9.17, 15) is 0 Å². The Morgan fingerprint density at radius 3 is 2.81 bits per heavy atom. The van der Waals surface area contributed by atoms with E-state index in [2.05, 4.69) is 65.6 Å². The van der Waals surface area contributed by atoms with E-state index >= 15 is 0 Å². The third kappa shape index (κ3) is 5.96. The first-order valence-electron chi connectivity index (χ1n) is 9.92. The first-order chi connectivity index (χ1) is 13.1. The molecule has 0 saturated carbocycles. The number of hydrogen-bond donors (Lipinski definition) is 2. The van der Waals surface area contributed by atoms with Gasteiger partial charge in [-0.25, -0.2) is 4.98 Å². The molecule has 2 aromatic rings. The van der Waals surface area contributed by atoms with Crippen molar-refractivity contribution < 1.29 is 0 Å². The largest absolute Gasteiger partial charge is 0.369 e. The van der Waals surface area contributed by atoms with E-state index in [0.29, 0.717) is 6.04 Å². The van der Waals surface area contributed by atoms with Gasteiger partial charge in [0.2, 0.25) is 0 Å². The molecule has 5 nitrogen and oxygen atoms in total. The minimum atomic E-state index is 0.417. The Morgan fingerprint density at radius 2 is 2.11 bits per heavy atom. The van der Waals surface area contributed by atoms with Crippen LogP contribution in [0.2, 0.25) is 0 Å². The molecule has 3 rings (SSSR count). The molecule has 1 unspecified atom stereocenters. The molecule has 146 valence electrons. The van der Waals surface area contributed by atoms with Crippen molar-refractivity contribution in [3.63, 3.8) is 0 Å². The summed E-state index contributed by atoms with van der Waals surface area (Å²) in [6.07, 6.45) is 5.21. The number of benzene rings is 1. The number of aryl methyl sites for hydroxylation is 2. The van der Waals surface area contributed by atoms with Crippen LogP contribution >= 0.6 is 11.3 Å². The van der Waals surface area contributed by atoms with E-state index < -0.39 is 0 Å². The zero-order valence-electron chi connectivity index (χ0n) is 16.7. The van der Waals surface area contributed by atoms with Gasteiger partial charge >= 0.3 is 0 Å². The number of rotatable bonds is 6. The fraction of sp³-hybridized carbons (Fsp3) is 0.524. The SMILES string of the molecule is CCNC(=NCCc1ncc(C)s1)NC1CCCN(c2ccc(C)cc2)C1. The van der Waals surface area contributed by atoms with Gasteiger partial charge in [0.1, 0.15) is 0 Å². The van der Waals surface area contributed by atoms with Crippen LogP contribution in [0.4, 0.5) is 5.69 Å². The quantitative estimate of drug-likeness (QED) is 0.590. The van der Waals surface area contributed by atoms with E-state index in [-0.39, 0.29) is 0 Å². The molecule has 1 aliphatic rings. The summed E-state index contributed by atoms with van der Waals surface area (Å²) in [5, 5.41) is 8.19. The Balaban J connectivity index is 1.56. The molecule has 1 aromatic heterocycles. The number of nitrogens with zero attached hydrogens (tertiary/aromatic N) is 3. The van der Waals surface area contributed by atoms with Crippen molar-refractivity contribution in [3.8, 4) is 0 Å². The highest BCUT2D eigenvalue weighted by molar-refractivity contribution is 7.11. The smallest absolute Gasteiger partial charge is 0.191 e. The van der Waals surface area contributed by atoms with Crippen molar-refractivity contribution in [2.75, 3.05) is 31.1 Å². The van der Waals surface area contributed by atoms with Crippen LogP contribution in [-0.2, 0) is 6.42 Å². The molecule has 0 bridgehead atoms. The second kappa shape index (κ2) is 9.74. The van der Waals surface area contributed by atoms with Gasteiger partial charge in [0, 0.05) is 55.4 Å². The topological polar surface area (TPSA) is 52.6 Å². The van der Waals surface area contributed by atoms with Crippen molar-refractivity contribution in [2.24, 2.45) is 4.99 Å². The lowest BCUT2D eigenvalue weighted by Gasteiger charge is -2.35. The normalized spacial score (nSPS) is 17.8. The number of aliphatic imine (C=N–C) groups is 1. The van der Waals surface area contributed by atoms with Crippen LogP contribution in [0.5, 0.6) is 0 Å². The molecule has 1 fully saturated rings. The van der Waals surface area contributed by atoms with Gasteiger partial charge in [0.15, 0.2) is 5.96 Å². The molecule has 6 heteroatoms. The van der Waals surface area contributed by atoms with Gasteiger partial charge in [-0.1, -0.05) is 17.7 Å². The van der Waals surface area contributed by atoms with Crippen LogP contribution < -0.4 is 15.5 Å². The fourth-order valence-corrected chi connectivity index (χ4v) is 4.15. The molecule has 0 amide bonds. The zero-order chi connectivity index (χ0) is 19.1. The monoisotopic (exact) mass is 385 g/mol. The first kappa shape index (κ1) is 19.7. The molecule has 1 atom stereocenters. The van der Waals surface area contributed by atoms with Crippen molar-refractivity contribution in [1.29, 1.82) is 0 Å². The second-order valence-electron chi connectivity index (χ2n) is 7.14. The molecular weight excluding hydrogens is 354 g/mol. The van der Waals surface area contributed by atoms with Crippen molar-refractivity contribution in [1.82, 2.24) is 15.6 Å². The molecule has 0 aliphatic carbocycles. The maximum Gasteiger partial charge on any atom is 0.191 e. The zero-order valence-corrected chi connectivity index (χ0v) is 17.5. The summed E-state index contributed by atoms with van der Waals surface area (Å²) in [5.74, 6) is 0.918. The lowest BCUT2D eigenvalue weighted by atomic mass is 10.0. The van der Waals surface area contributed by atoms with E-state index in [1.807, 2.05) is 6.20 Å². The van der Waals surface area contributed by atoms with Gasteiger partial charge in [-0.15, -0.1) is 11.3 Å². The third-order valence-corrected chi connectivity index (χ3v) is 5.74. The highest BCUT2D eigenvalue weighted by atomic mass is 32.1. The summed E-state index contributed by atoms with van der Waals surface area (Å²) in [6, 6.07) is 9.26. The third-order valence-electron chi connectivity index (χ3n) is 4.77. The summed E-state index contributed by atoms with van der Waals surface area (Å²) in [7, 11) is 0. The highest BCUT2D eigenvalue weighted by Crippen LogP contribution is 2.20. The van der Waals surface area contributed by atoms with Crippen LogP contribution in [0.15, 0.2) is 35.5 Å². The van der Waals surface area contributed by atoms with Gasteiger partial charge < -0.3 is 15.5 Å². The number of nitrogens with one attached hydrogen (secondary N) is 2. The summed E-state index contributed by atoms with van der Waals surface area (Å²) in [4.78, 5) is 12.9. The maximum atomic E-state index is 4.76. The Morgan fingerprint density at radius 1 is 1.30 bits per heavy atom. The standard InChI is InChI=1S/C21H31N5S/c1-4-22-21(23-12-11-20-24-14-17(3)27-20)25-18-6-5-13-26(15-18)19-9-7-16(2)8-10-19/h7-10,14,18H,4-6,11-13,15H2,1-3H3,(H2,22,23,25). The van der Waals surface area contributed by atoms with Gasteiger partial charge in [-0.05, 0) is 45.7 Å². The maximum absolute atomic E-state index is 4.76. The van der Waals surface area contributed by atoms with E-state index in [1.165, 1.54) is 29.0 Å². The van der Waals surface area contributed by atoms with Crippen LogP contribution in [-0.4, -0.2) is 43.2 Å². The van der Waals surface area contributed by atoms with Crippen LogP contribution in [0.25, 0.3) is 0 Å². The lowest BCUT2D eigenvalue weighted by Crippen LogP contribution is -2.51. The average Bonchev–Trinajstić information content (AvgIpc) is 3.08. The van der Waals surface area contributed by atoms with Crippen molar-refractivity contribution >= 4 is 23.0 Å². The van der Waals surface area contributed by atoms with E-state index in [1.54, 1.807) is 11.3 Å². The minimum absolute atomic E-state index is 0.417. The number of piperidine rings is 1. The average molecular weight is 386 g/mol. The van der Waals surface area contributed by atoms with Crippen molar-refractivity contribution in [2.45, 2.75) is 46.1 Å². The fourth-order valence-electron chi connectivity index (χ4n) is 3.38. The first-order valence-corrected chi connectivity index (χ1v) is 10.7. The van der Waals surface area contributed by atoms with Gasteiger partial charge in [0.25, 0.3) is 0 Å². The molecular formula is C21H31N5S. The molecule has 1 aliphatic heterocycles. The predicted molar refractivity (Wildman–Crippen MR) is 116 cm³/mol. The van der Waals surface area contributed by atoms with Gasteiger partial charge in [-0.3, -0.25) is 4.99 Å². The Kier molecular flexibility index (Phi) is 7.10. The van der Waals surface area contributed by atoms with Gasteiger partial charge in [-0.2, -0.15) is 0 Å². The number of thiazole rings is 1. The second-order valence-corrected chi connectivity index (χ2v) is 8.46. The number of anilines is 1.